The van der Waals surface area contributed by atoms with Crippen molar-refractivity contribution in [3.8, 4) is 0 Å². The van der Waals surface area contributed by atoms with Crippen molar-refractivity contribution in [1.29, 1.82) is 0 Å². The lowest BCUT2D eigenvalue weighted by Gasteiger charge is -2.08. The van der Waals surface area contributed by atoms with Gasteiger partial charge in [0.1, 0.15) is 0 Å². The average molecular weight is 334 g/mol. The number of hydrogen-bond donors (Lipinski definition) is 2. The van der Waals surface area contributed by atoms with Crippen LogP contribution in [0, 0.1) is 20.8 Å². The van der Waals surface area contributed by atoms with Crippen LogP contribution in [0.1, 0.15) is 22.4 Å². The number of benzene rings is 2. The summed E-state index contributed by atoms with van der Waals surface area (Å²) in [6, 6.07) is 13.7. The molecular formula is C20H22N4O. The van der Waals surface area contributed by atoms with Gasteiger partial charge in [-0.2, -0.15) is 5.10 Å². The van der Waals surface area contributed by atoms with Crippen molar-refractivity contribution in [2.24, 2.45) is 12.1 Å². The molecule has 0 fully saturated rings. The van der Waals surface area contributed by atoms with Gasteiger partial charge in [0, 0.05) is 34.9 Å². The van der Waals surface area contributed by atoms with Gasteiger partial charge in [-0.1, -0.05) is 35.9 Å². The van der Waals surface area contributed by atoms with Crippen LogP contribution >= 0.6 is 0 Å². The highest BCUT2D eigenvalue weighted by molar-refractivity contribution is 6.01. The van der Waals surface area contributed by atoms with E-state index in [9.17, 15) is 4.79 Å². The molecule has 0 aliphatic rings. The number of nitrogens with one attached hydrogen (secondary N) is 2. The van der Waals surface area contributed by atoms with Crippen molar-refractivity contribution in [3.63, 3.8) is 0 Å². The number of fused-ring (bicyclic) bond motifs is 1. The van der Waals surface area contributed by atoms with E-state index in [-0.39, 0.29) is 6.03 Å². The highest BCUT2D eigenvalue weighted by Gasteiger charge is 2.09. The van der Waals surface area contributed by atoms with Crippen LogP contribution in [0.15, 0.2) is 47.6 Å². The standard InChI is InChI=1S/C20H22N4O/c1-13-9-10-18(14(2)11-13)22-20(25)23-21-12-17-15(3)24(4)19-8-6-5-7-16(17)19/h5-12H,1-4H3,(H2,22,23,25)/b21-12-. The third kappa shape index (κ3) is 3.40. The molecule has 3 rings (SSSR count). The first-order chi connectivity index (χ1) is 12.0. The third-order valence-electron chi connectivity index (χ3n) is 4.44. The summed E-state index contributed by atoms with van der Waals surface area (Å²) in [6.45, 7) is 6.02. The minimum absolute atomic E-state index is 0.360. The molecule has 3 aromatic rings. The van der Waals surface area contributed by atoms with Crippen LogP contribution in [0.25, 0.3) is 10.9 Å². The van der Waals surface area contributed by atoms with E-state index >= 15 is 0 Å². The van der Waals surface area contributed by atoms with Gasteiger partial charge in [-0.3, -0.25) is 0 Å². The van der Waals surface area contributed by atoms with Crippen LogP contribution < -0.4 is 10.7 Å². The maximum atomic E-state index is 12.1. The predicted octanol–water partition coefficient (Wildman–Crippen LogP) is 4.26. The highest BCUT2D eigenvalue weighted by Crippen LogP contribution is 2.23. The number of anilines is 1. The Morgan fingerprint density at radius 3 is 2.64 bits per heavy atom. The molecule has 5 heteroatoms. The second-order valence-corrected chi connectivity index (χ2v) is 6.22. The van der Waals surface area contributed by atoms with E-state index in [1.807, 2.05) is 58.2 Å². The third-order valence-corrected chi connectivity index (χ3v) is 4.44. The summed E-state index contributed by atoms with van der Waals surface area (Å²) in [4.78, 5) is 12.1. The van der Waals surface area contributed by atoms with Gasteiger partial charge in [-0.15, -0.1) is 0 Å². The Morgan fingerprint density at radius 2 is 1.88 bits per heavy atom. The molecule has 0 atom stereocenters. The molecule has 2 amide bonds. The number of carbonyl (C=O) groups excluding carboxylic acids is 1. The quantitative estimate of drug-likeness (QED) is 0.546. The molecule has 0 unspecified atom stereocenters. The fourth-order valence-electron chi connectivity index (χ4n) is 2.97. The van der Waals surface area contributed by atoms with Gasteiger partial charge < -0.3 is 9.88 Å². The number of aromatic nitrogens is 1. The van der Waals surface area contributed by atoms with Crippen molar-refractivity contribution < 1.29 is 4.79 Å². The molecule has 2 aromatic carbocycles. The van der Waals surface area contributed by atoms with Crippen molar-refractivity contribution in [2.75, 3.05) is 5.32 Å². The molecule has 0 bridgehead atoms. The van der Waals surface area contributed by atoms with Crippen LogP contribution in [0.5, 0.6) is 0 Å². The van der Waals surface area contributed by atoms with Crippen LogP contribution in [0.2, 0.25) is 0 Å². The predicted molar refractivity (Wildman–Crippen MR) is 103 cm³/mol. The first-order valence-corrected chi connectivity index (χ1v) is 8.18. The Bertz CT molecular complexity index is 969. The molecule has 2 N–H and O–H groups in total. The maximum Gasteiger partial charge on any atom is 0.339 e. The van der Waals surface area contributed by atoms with E-state index in [4.69, 9.17) is 0 Å². The van der Waals surface area contributed by atoms with Crippen molar-refractivity contribution in [1.82, 2.24) is 9.99 Å². The number of urea groups is 1. The molecule has 0 spiro atoms. The van der Waals surface area contributed by atoms with Crippen LogP contribution in [-0.2, 0) is 7.05 Å². The van der Waals surface area contributed by atoms with Crippen LogP contribution in [0.4, 0.5) is 10.5 Å². The monoisotopic (exact) mass is 334 g/mol. The van der Waals surface area contributed by atoms with Gasteiger partial charge >= 0.3 is 6.03 Å². The summed E-state index contributed by atoms with van der Waals surface area (Å²) in [5.41, 5.74) is 8.73. The average Bonchev–Trinajstić information content (AvgIpc) is 2.83. The van der Waals surface area contributed by atoms with Crippen LogP contribution in [-0.4, -0.2) is 16.8 Å². The summed E-state index contributed by atoms with van der Waals surface area (Å²) in [6.07, 6.45) is 1.69. The molecule has 5 nitrogen and oxygen atoms in total. The minimum Gasteiger partial charge on any atom is -0.347 e. The molecule has 0 saturated heterocycles. The van der Waals surface area contributed by atoms with E-state index < -0.39 is 0 Å². The zero-order valence-corrected chi connectivity index (χ0v) is 14.9. The van der Waals surface area contributed by atoms with Crippen LogP contribution in [0.3, 0.4) is 0 Å². The minimum atomic E-state index is -0.360. The van der Waals surface area contributed by atoms with E-state index in [0.717, 1.165) is 39.0 Å². The largest absolute Gasteiger partial charge is 0.347 e. The van der Waals surface area contributed by atoms with Crippen molar-refractivity contribution >= 4 is 28.8 Å². The first kappa shape index (κ1) is 16.8. The van der Waals surface area contributed by atoms with E-state index in [1.54, 1.807) is 6.21 Å². The number of carbonyl (C=O) groups is 1. The summed E-state index contributed by atoms with van der Waals surface area (Å²) in [5.74, 6) is 0. The highest BCUT2D eigenvalue weighted by atomic mass is 16.2. The molecule has 128 valence electrons. The SMILES string of the molecule is Cc1ccc(NC(=O)N/N=C\c2c(C)n(C)c3ccccc23)c(C)c1. The topological polar surface area (TPSA) is 58.4 Å². The molecule has 0 saturated carbocycles. The Labute approximate surface area is 147 Å². The Balaban J connectivity index is 1.73. The number of para-hydroxylation sites is 1. The zero-order chi connectivity index (χ0) is 18.0. The lowest BCUT2D eigenvalue weighted by Crippen LogP contribution is -2.24. The second kappa shape index (κ2) is 6.81. The molecule has 0 radical (unpaired) electrons. The lowest BCUT2D eigenvalue weighted by atomic mass is 10.1. The summed E-state index contributed by atoms with van der Waals surface area (Å²) in [7, 11) is 2.02. The summed E-state index contributed by atoms with van der Waals surface area (Å²) >= 11 is 0. The number of rotatable bonds is 3. The Hall–Kier alpha value is -3.08. The molecule has 0 aliphatic heterocycles. The van der Waals surface area contributed by atoms with Crippen molar-refractivity contribution in [3.05, 3.63) is 64.8 Å². The molecule has 0 aliphatic carbocycles. The second-order valence-electron chi connectivity index (χ2n) is 6.22. The number of hydrazone groups is 1. The summed E-state index contributed by atoms with van der Waals surface area (Å²) in [5, 5.41) is 8.03. The van der Waals surface area contributed by atoms with Gasteiger partial charge in [0.05, 0.1) is 6.21 Å². The van der Waals surface area contributed by atoms with Gasteiger partial charge in [0.25, 0.3) is 0 Å². The summed E-state index contributed by atoms with van der Waals surface area (Å²) < 4.78 is 2.12. The fourth-order valence-corrected chi connectivity index (χ4v) is 2.97. The molecule has 1 heterocycles. The number of aryl methyl sites for hydroxylation is 3. The normalized spacial score (nSPS) is 11.2. The van der Waals surface area contributed by atoms with Gasteiger partial charge in [0.2, 0.25) is 0 Å². The molecule has 1 aromatic heterocycles. The molecule has 25 heavy (non-hydrogen) atoms. The lowest BCUT2D eigenvalue weighted by molar-refractivity contribution is 0.252. The smallest absolute Gasteiger partial charge is 0.339 e. The van der Waals surface area contributed by atoms with Gasteiger partial charge in [-0.25, -0.2) is 10.2 Å². The zero-order valence-electron chi connectivity index (χ0n) is 14.9. The van der Waals surface area contributed by atoms with E-state index in [2.05, 4.69) is 32.5 Å². The van der Waals surface area contributed by atoms with Gasteiger partial charge in [-0.05, 0) is 38.5 Å². The van der Waals surface area contributed by atoms with E-state index in [1.165, 1.54) is 0 Å². The first-order valence-electron chi connectivity index (χ1n) is 8.18. The number of hydrogen-bond acceptors (Lipinski definition) is 2. The van der Waals surface area contributed by atoms with Gasteiger partial charge in [0.15, 0.2) is 0 Å². The molecular weight excluding hydrogens is 312 g/mol. The Morgan fingerprint density at radius 1 is 1.12 bits per heavy atom. The number of amides is 2. The number of nitrogens with zero attached hydrogens (tertiary/aromatic N) is 2. The van der Waals surface area contributed by atoms with Crippen molar-refractivity contribution in [2.45, 2.75) is 20.8 Å². The Kier molecular flexibility index (Phi) is 4.57. The maximum absolute atomic E-state index is 12.1. The fraction of sp³-hybridized carbons (Fsp3) is 0.200. The van der Waals surface area contributed by atoms with E-state index in [0.29, 0.717) is 0 Å².